The van der Waals surface area contributed by atoms with E-state index in [0.29, 0.717) is 54.7 Å². The van der Waals surface area contributed by atoms with Crippen molar-refractivity contribution in [2.45, 2.75) is 31.5 Å². The Hall–Kier alpha value is -3.71. The molecular weight excluding hydrogens is 552 g/mol. The van der Waals surface area contributed by atoms with Crippen LogP contribution in [0.15, 0.2) is 40.9 Å². The topological polar surface area (TPSA) is 91.9 Å². The van der Waals surface area contributed by atoms with Gasteiger partial charge in [0.2, 0.25) is 0 Å². The first-order valence-electron chi connectivity index (χ1n) is 12.8. The molecule has 2 fully saturated rings. The summed E-state index contributed by atoms with van der Waals surface area (Å²) in [6.07, 6.45) is -2.36. The summed E-state index contributed by atoms with van der Waals surface area (Å²) in [4.78, 5) is 20.0. The van der Waals surface area contributed by atoms with Crippen LogP contribution in [0.25, 0.3) is 21.5 Å². The monoisotopic (exact) mass is 576 g/mol. The maximum atomic E-state index is 14.4. The minimum absolute atomic E-state index is 0.115. The highest BCUT2D eigenvalue weighted by molar-refractivity contribution is 7.22. The van der Waals surface area contributed by atoms with Gasteiger partial charge in [0.15, 0.2) is 10.9 Å². The van der Waals surface area contributed by atoms with E-state index in [1.807, 2.05) is 4.90 Å². The van der Waals surface area contributed by atoms with Gasteiger partial charge in [-0.25, -0.2) is 14.2 Å². The van der Waals surface area contributed by atoms with Crippen molar-refractivity contribution in [1.82, 2.24) is 15.0 Å². The first kappa shape index (κ1) is 26.5. The number of carbonyl (C=O) groups is 1. The van der Waals surface area contributed by atoms with Crippen molar-refractivity contribution in [3.8, 4) is 17.0 Å². The van der Waals surface area contributed by atoms with Crippen LogP contribution in [0, 0.1) is 5.82 Å². The van der Waals surface area contributed by atoms with Crippen molar-refractivity contribution < 1.29 is 36.7 Å². The number of fused-ring (bicyclic) bond motifs is 1. The number of aromatic carboxylic acids is 1. The number of piperazine rings is 1. The molecule has 0 bridgehead atoms. The van der Waals surface area contributed by atoms with Crippen LogP contribution < -0.4 is 9.64 Å². The fourth-order valence-electron chi connectivity index (χ4n) is 4.99. The van der Waals surface area contributed by atoms with E-state index in [-0.39, 0.29) is 28.3 Å². The van der Waals surface area contributed by atoms with Gasteiger partial charge in [-0.3, -0.25) is 4.90 Å². The molecule has 13 heteroatoms. The van der Waals surface area contributed by atoms with Gasteiger partial charge in [0.25, 0.3) is 0 Å². The van der Waals surface area contributed by atoms with Gasteiger partial charge in [0, 0.05) is 49.8 Å². The summed E-state index contributed by atoms with van der Waals surface area (Å²) in [5.74, 6) is -1.21. The van der Waals surface area contributed by atoms with Gasteiger partial charge in [-0.05, 0) is 43.5 Å². The number of rotatable bonds is 8. The molecule has 1 saturated heterocycles. The van der Waals surface area contributed by atoms with Crippen molar-refractivity contribution >= 4 is 32.7 Å². The Labute approximate surface area is 229 Å². The van der Waals surface area contributed by atoms with Crippen LogP contribution in [-0.4, -0.2) is 65.2 Å². The Morgan fingerprint density at radius 1 is 1.15 bits per heavy atom. The fourth-order valence-corrected chi connectivity index (χ4v) is 6.06. The van der Waals surface area contributed by atoms with Crippen LogP contribution >= 0.6 is 11.3 Å². The van der Waals surface area contributed by atoms with E-state index in [9.17, 15) is 27.5 Å². The minimum Gasteiger partial charge on any atom is -0.478 e. The van der Waals surface area contributed by atoms with Gasteiger partial charge in [0.05, 0.1) is 10.3 Å². The van der Waals surface area contributed by atoms with Gasteiger partial charge >= 0.3 is 12.3 Å². The molecule has 1 aliphatic heterocycles. The van der Waals surface area contributed by atoms with Crippen molar-refractivity contribution in [3.63, 3.8) is 0 Å². The average molecular weight is 577 g/mol. The number of carboxylic acid groups (broad SMARTS) is 1. The Balaban J connectivity index is 1.15. The molecule has 0 amide bonds. The van der Waals surface area contributed by atoms with Gasteiger partial charge in [0.1, 0.15) is 22.7 Å². The van der Waals surface area contributed by atoms with Crippen LogP contribution in [0.4, 0.5) is 22.7 Å². The number of para-hydroxylation sites is 1. The summed E-state index contributed by atoms with van der Waals surface area (Å²) >= 11 is 1.26. The van der Waals surface area contributed by atoms with Gasteiger partial charge in [-0.2, -0.15) is 0 Å². The Kier molecular flexibility index (Phi) is 6.87. The lowest BCUT2D eigenvalue weighted by molar-refractivity contribution is -0.274. The number of benzene rings is 2. The van der Waals surface area contributed by atoms with Crippen molar-refractivity contribution in [2.75, 3.05) is 37.6 Å². The van der Waals surface area contributed by atoms with Crippen molar-refractivity contribution in [1.29, 1.82) is 0 Å². The molecule has 2 aromatic carbocycles. The number of thiazole rings is 1. The quantitative estimate of drug-likeness (QED) is 0.258. The molecule has 40 heavy (non-hydrogen) atoms. The molecule has 1 saturated carbocycles. The van der Waals surface area contributed by atoms with E-state index in [1.165, 1.54) is 29.5 Å². The first-order chi connectivity index (χ1) is 19.2. The highest BCUT2D eigenvalue weighted by atomic mass is 32.1. The summed E-state index contributed by atoms with van der Waals surface area (Å²) in [7, 11) is 0. The minimum atomic E-state index is -4.83. The predicted molar refractivity (Wildman–Crippen MR) is 139 cm³/mol. The number of anilines is 1. The third-order valence-corrected chi connectivity index (χ3v) is 8.20. The molecule has 3 heterocycles. The Morgan fingerprint density at radius 2 is 1.90 bits per heavy atom. The second-order valence-corrected chi connectivity index (χ2v) is 10.9. The highest BCUT2D eigenvalue weighted by Gasteiger charge is 2.36. The third kappa shape index (κ3) is 5.48. The summed E-state index contributed by atoms with van der Waals surface area (Å²) < 4.78 is 63.9. The molecule has 4 aromatic rings. The fraction of sp³-hybridized carbons (Fsp3) is 0.370. The lowest BCUT2D eigenvalue weighted by Gasteiger charge is -2.34. The second kappa shape index (κ2) is 10.4. The lowest BCUT2D eigenvalue weighted by atomic mass is 10.0. The molecule has 1 N–H and O–H groups in total. The molecule has 1 aliphatic carbocycles. The Morgan fingerprint density at radius 3 is 2.60 bits per heavy atom. The van der Waals surface area contributed by atoms with Gasteiger partial charge in [-0.1, -0.05) is 28.6 Å². The molecule has 0 radical (unpaired) electrons. The molecule has 2 aliphatic rings. The molecule has 0 unspecified atom stereocenters. The van der Waals surface area contributed by atoms with Crippen LogP contribution in [0.2, 0.25) is 0 Å². The SMILES string of the molecule is O=C(O)c1cc(F)c2nc(N3CCN(CCc4c(-c5ccccc5OC(F)(F)F)noc4C4CC4)CC3)sc2c1. The number of carboxylic acids is 1. The van der Waals surface area contributed by atoms with Gasteiger partial charge < -0.3 is 19.3 Å². The van der Waals surface area contributed by atoms with Crippen LogP contribution in [0.3, 0.4) is 0 Å². The molecule has 8 nitrogen and oxygen atoms in total. The summed E-state index contributed by atoms with van der Waals surface area (Å²) in [5.41, 5.74) is 1.46. The van der Waals surface area contributed by atoms with Gasteiger partial charge in [-0.15, -0.1) is 13.2 Å². The normalized spacial score (nSPS) is 16.6. The molecule has 0 spiro atoms. The number of halogens is 4. The second-order valence-electron chi connectivity index (χ2n) is 9.88. The first-order valence-corrected chi connectivity index (χ1v) is 13.6. The number of alkyl halides is 3. The number of aromatic nitrogens is 2. The van der Waals surface area contributed by atoms with E-state index >= 15 is 0 Å². The third-order valence-electron chi connectivity index (χ3n) is 7.14. The molecular formula is C27H24F4N4O4S. The van der Waals surface area contributed by atoms with Crippen LogP contribution in [0.5, 0.6) is 5.75 Å². The summed E-state index contributed by atoms with van der Waals surface area (Å²) in [6.45, 7) is 3.33. The number of hydrogen-bond donors (Lipinski definition) is 1. The zero-order valence-electron chi connectivity index (χ0n) is 21.1. The van der Waals surface area contributed by atoms with Crippen molar-refractivity contribution in [2.24, 2.45) is 0 Å². The van der Waals surface area contributed by atoms with Crippen LogP contribution in [0.1, 0.15) is 40.4 Å². The summed E-state index contributed by atoms with van der Waals surface area (Å²) in [5, 5.41) is 14.0. The van der Waals surface area contributed by atoms with E-state index in [0.717, 1.165) is 30.2 Å². The van der Waals surface area contributed by atoms with E-state index in [1.54, 1.807) is 12.1 Å². The molecule has 0 atom stereocenters. The standard InChI is InChI=1S/C27H24F4N4O4S/c28-19-13-16(25(36)37)14-21-23(19)32-26(40-21)35-11-9-34(10-12-35)8-7-18-22(33-39-24(18)15-5-6-15)17-3-1-2-4-20(17)38-27(29,30)31/h1-4,13-15H,5-12H2,(H,36,37). The average Bonchev–Trinajstić information content (AvgIpc) is 3.52. The smallest absolute Gasteiger partial charge is 0.478 e. The van der Waals surface area contributed by atoms with E-state index in [2.05, 4.69) is 19.8 Å². The number of ether oxygens (including phenoxy) is 1. The van der Waals surface area contributed by atoms with E-state index in [4.69, 9.17) is 4.52 Å². The maximum Gasteiger partial charge on any atom is 0.573 e. The van der Waals surface area contributed by atoms with E-state index < -0.39 is 18.1 Å². The summed E-state index contributed by atoms with van der Waals surface area (Å²) in [6, 6.07) is 8.37. The Bertz CT molecular complexity index is 1560. The maximum absolute atomic E-state index is 14.4. The lowest BCUT2D eigenvalue weighted by Crippen LogP contribution is -2.47. The molecule has 2 aromatic heterocycles. The zero-order valence-corrected chi connectivity index (χ0v) is 21.9. The van der Waals surface area contributed by atoms with Crippen LogP contribution in [-0.2, 0) is 6.42 Å². The zero-order chi connectivity index (χ0) is 28.0. The predicted octanol–water partition coefficient (Wildman–Crippen LogP) is 5.93. The highest BCUT2D eigenvalue weighted by Crippen LogP contribution is 2.45. The molecule has 6 rings (SSSR count). The van der Waals surface area contributed by atoms with Crippen molar-refractivity contribution in [3.05, 3.63) is 59.1 Å². The number of nitrogens with zero attached hydrogens (tertiary/aromatic N) is 4. The number of hydrogen-bond acceptors (Lipinski definition) is 8. The molecule has 210 valence electrons. The largest absolute Gasteiger partial charge is 0.573 e.